The SMILES string of the molecule is CNC(C)(CN(C)Cc1nccn1C)C(=O)O. The molecule has 0 radical (unpaired) electrons. The lowest BCUT2D eigenvalue weighted by atomic mass is 10.0. The first-order valence-corrected chi connectivity index (χ1v) is 5.46. The number of likely N-dealkylation sites (N-methyl/N-ethyl adjacent to an activating group) is 2. The van der Waals surface area contributed by atoms with Crippen molar-refractivity contribution in [1.82, 2.24) is 19.8 Å². The number of hydrogen-bond donors (Lipinski definition) is 2. The first-order chi connectivity index (χ1) is 7.89. The Morgan fingerprint density at radius 2 is 2.35 bits per heavy atom. The van der Waals surface area contributed by atoms with Crippen LogP contribution in [0.5, 0.6) is 0 Å². The maximum atomic E-state index is 11.1. The summed E-state index contributed by atoms with van der Waals surface area (Å²) >= 11 is 0. The van der Waals surface area contributed by atoms with Crippen molar-refractivity contribution < 1.29 is 9.90 Å². The first-order valence-electron chi connectivity index (χ1n) is 5.46. The lowest BCUT2D eigenvalue weighted by molar-refractivity contribution is -0.144. The Labute approximate surface area is 101 Å². The van der Waals surface area contributed by atoms with Crippen molar-refractivity contribution in [3.8, 4) is 0 Å². The molecule has 0 saturated carbocycles. The van der Waals surface area contributed by atoms with Gasteiger partial charge in [-0.1, -0.05) is 0 Å². The van der Waals surface area contributed by atoms with Crippen LogP contribution in [-0.4, -0.2) is 51.7 Å². The smallest absolute Gasteiger partial charge is 0.324 e. The molecule has 17 heavy (non-hydrogen) atoms. The fourth-order valence-corrected chi connectivity index (χ4v) is 1.64. The van der Waals surface area contributed by atoms with Gasteiger partial charge in [-0.15, -0.1) is 0 Å². The molecule has 2 N–H and O–H groups in total. The van der Waals surface area contributed by atoms with E-state index in [0.717, 1.165) is 5.82 Å². The molecule has 1 aromatic rings. The Bertz CT molecular complexity index is 391. The first kappa shape index (κ1) is 13.7. The van der Waals surface area contributed by atoms with E-state index in [1.165, 1.54) is 0 Å². The molecular formula is C11H20N4O2. The summed E-state index contributed by atoms with van der Waals surface area (Å²) in [5, 5.41) is 12.0. The van der Waals surface area contributed by atoms with Gasteiger partial charge in [0.25, 0.3) is 0 Å². The summed E-state index contributed by atoms with van der Waals surface area (Å²) in [5.41, 5.74) is -0.945. The maximum Gasteiger partial charge on any atom is 0.324 e. The summed E-state index contributed by atoms with van der Waals surface area (Å²) in [4.78, 5) is 17.3. The lowest BCUT2D eigenvalue weighted by Gasteiger charge is -2.29. The molecule has 96 valence electrons. The van der Waals surface area contributed by atoms with Crippen LogP contribution >= 0.6 is 0 Å². The highest BCUT2D eigenvalue weighted by Crippen LogP contribution is 2.08. The standard InChI is InChI=1S/C11H20N4O2/c1-11(12-2,10(16)17)8-14(3)7-9-13-5-6-15(9)4/h5-6,12H,7-8H2,1-4H3,(H,16,17). The van der Waals surface area contributed by atoms with Gasteiger partial charge in [0.05, 0.1) is 6.54 Å². The molecule has 1 heterocycles. The van der Waals surface area contributed by atoms with Gasteiger partial charge in [0, 0.05) is 26.0 Å². The number of nitrogens with zero attached hydrogens (tertiary/aromatic N) is 3. The molecule has 0 amide bonds. The normalized spacial score (nSPS) is 14.9. The average Bonchev–Trinajstić information content (AvgIpc) is 2.63. The van der Waals surface area contributed by atoms with Crippen molar-refractivity contribution in [1.29, 1.82) is 0 Å². The van der Waals surface area contributed by atoms with Crippen molar-refractivity contribution in [2.75, 3.05) is 20.6 Å². The van der Waals surface area contributed by atoms with Crippen molar-refractivity contribution in [2.45, 2.75) is 19.0 Å². The number of hydrogen-bond acceptors (Lipinski definition) is 4. The van der Waals surface area contributed by atoms with Crippen LogP contribution in [0.3, 0.4) is 0 Å². The van der Waals surface area contributed by atoms with Crippen LogP contribution in [0.15, 0.2) is 12.4 Å². The Morgan fingerprint density at radius 1 is 1.71 bits per heavy atom. The molecule has 0 aliphatic heterocycles. The summed E-state index contributed by atoms with van der Waals surface area (Å²) in [7, 11) is 5.46. The van der Waals surface area contributed by atoms with E-state index in [0.29, 0.717) is 13.1 Å². The number of aromatic nitrogens is 2. The van der Waals surface area contributed by atoms with E-state index in [-0.39, 0.29) is 0 Å². The molecule has 1 aromatic heterocycles. The third-order valence-electron chi connectivity index (χ3n) is 2.94. The van der Waals surface area contributed by atoms with Crippen LogP contribution < -0.4 is 5.32 Å². The number of aryl methyl sites for hydroxylation is 1. The zero-order valence-electron chi connectivity index (χ0n) is 10.8. The van der Waals surface area contributed by atoms with E-state index < -0.39 is 11.5 Å². The lowest BCUT2D eigenvalue weighted by Crippen LogP contribution is -2.54. The van der Waals surface area contributed by atoms with Crippen LogP contribution in [0.2, 0.25) is 0 Å². The molecule has 1 rings (SSSR count). The minimum Gasteiger partial charge on any atom is -0.480 e. The van der Waals surface area contributed by atoms with Crippen molar-refractivity contribution >= 4 is 5.97 Å². The molecule has 6 heteroatoms. The maximum absolute atomic E-state index is 11.1. The molecular weight excluding hydrogens is 220 g/mol. The van der Waals surface area contributed by atoms with Crippen molar-refractivity contribution in [2.24, 2.45) is 7.05 Å². The predicted octanol–water partition coefficient (Wildman–Crippen LogP) is -0.0854. The summed E-state index contributed by atoms with van der Waals surface area (Å²) < 4.78 is 1.92. The van der Waals surface area contributed by atoms with Gasteiger partial charge < -0.3 is 15.0 Å². The van der Waals surface area contributed by atoms with Gasteiger partial charge in [0.1, 0.15) is 11.4 Å². The highest BCUT2D eigenvalue weighted by Gasteiger charge is 2.32. The third kappa shape index (κ3) is 3.28. The number of aliphatic carboxylic acids is 1. The quantitative estimate of drug-likeness (QED) is 0.727. The zero-order valence-corrected chi connectivity index (χ0v) is 10.8. The van der Waals surface area contributed by atoms with Gasteiger partial charge >= 0.3 is 5.97 Å². The second-order valence-corrected chi connectivity index (χ2v) is 4.51. The summed E-state index contributed by atoms with van der Waals surface area (Å²) in [5.74, 6) is 0.0584. The molecule has 1 atom stereocenters. The number of carboxylic acid groups (broad SMARTS) is 1. The number of nitrogens with one attached hydrogen (secondary N) is 1. The van der Waals surface area contributed by atoms with E-state index in [4.69, 9.17) is 5.11 Å². The molecule has 0 bridgehead atoms. The summed E-state index contributed by atoms with van der Waals surface area (Å²) in [6.07, 6.45) is 3.61. The van der Waals surface area contributed by atoms with Crippen LogP contribution in [0.1, 0.15) is 12.7 Å². The molecule has 0 saturated heterocycles. The van der Waals surface area contributed by atoms with Crippen molar-refractivity contribution in [3.63, 3.8) is 0 Å². The fourth-order valence-electron chi connectivity index (χ4n) is 1.64. The van der Waals surface area contributed by atoms with Gasteiger partial charge in [-0.3, -0.25) is 9.69 Å². The zero-order chi connectivity index (χ0) is 13.1. The average molecular weight is 240 g/mol. The number of imidazole rings is 1. The Kier molecular flexibility index (Phi) is 4.25. The summed E-state index contributed by atoms with van der Waals surface area (Å²) in [6.45, 7) is 2.70. The Hall–Kier alpha value is -1.40. The predicted molar refractivity (Wildman–Crippen MR) is 64.6 cm³/mol. The van der Waals surface area contributed by atoms with Crippen molar-refractivity contribution in [3.05, 3.63) is 18.2 Å². The molecule has 1 unspecified atom stereocenters. The van der Waals surface area contributed by atoms with Crippen LogP contribution in [-0.2, 0) is 18.4 Å². The minimum absolute atomic E-state index is 0.408. The number of carboxylic acids is 1. The second kappa shape index (κ2) is 5.29. The van der Waals surface area contributed by atoms with Gasteiger partial charge in [0.15, 0.2) is 0 Å². The second-order valence-electron chi connectivity index (χ2n) is 4.51. The minimum atomic E-state index is -0.945. The molecule has 0 aromatic carbocycles. The molecule has 6 nitrogen and oxygen atoms in total. The van der Waals surface area contributed by atoms with Crippen LogP contribution in [0.4, 0.5) is 0 Å². The monoisotopic (exact) mass is 240 g/mol. The summed E-state index contributed by atoms with van der Waals surface area (Å²) in [6, 6.07) is 0. The molecule has 0 fully saturated rings. The van der Waals surface area contributed by atoms with Crippen LogP contribution in [0.25, 0.3) is 0 Å². The molecule has 0 spiro atoms. The number of carbonyl (C=O) groups is 1. The van der Waals surface area contributed by atoms with Crippen LogP contribution in [0, 0.1) is 0 Å². The van der Waals surface area contributed by atoms with E-state index in [9.17, 15) is 4.79 Å². The topological polar surface area (TPSA) is 70.4 Å². The van der Waals surface area contributed by atoms with Gasteiger partial charge in [0.2, 0.25) is 0 Å². The highest BCUT2D eigenvalue weighted by molar-refractivity contribution is 5.78. The van der Waals surface area contributed by atoms with Gasteiger partial charge in [-0.05, 0) is 21.0 Å². The third-order valence-corrected chi connectivity index (χ3v) is 2.94. The molecule has 0 aliphatic carbocycles. The number of rotatable bonds is 6. The van der Waals surface area contributed by atoms with E-state index in [1.54, 1.807) is 20.2 Å². The Balaban J connectivity index is 2.63. The van der Waals surface area contributed by atoms with Gasteiger partial charge in [-0.2, -0.15) is 0 Å². The largest absolute Gasteiger partial charge is 0.480 e. The highest BCUT2D eigenvalue weighted by atomic mass is 16.4. The fraction of sp³-hybridized carbons (Fsp3) is 0.636. The van der Waals surface area contributed by atoms with Gasteiger partial charge in [-0.25, -0.2) is 4.98 Å². The Morgan fingerprint density at radius 3 is 2.76 bits per heavy atom. The van der Waals surface area contributed by atoms with E-state index >= 15 is 0 Å². The van der Waals surface area contributed by atoms with E-state index in [1.807, 2.05) is 29.8 Å². The van der Waals surface area contributed by atoms with E-state index in [2.05, 4.69) is 10.3 Å². The molecule has 0 aliphatic rings.